The standard InChI is InChI=1S/C27H25N3O2/c1-18(28-2)27(32)30-26-16-14-22(24(29-26)15-11-19-7-4-3-5-8-19)21-13-12-20-9-6-10-25(31)23(20)17-21/h3-5,7-8,12-14,16-18,28H,6,9-10H2,1-2H3,(H,29,30,32). The van der Waals surface area contributed by atoms with E-state index >= 15 is 0 Å². The molecule has 1 atom stereocenters. The average molecular weight is 424 g/mol. The van der Waals surface area contributed by atoms with Crippen LogP contribution >= 0.6 is 0 Å². The monoisotopic (exact) mass is 423 g/mol. The first kappa shape index (κ1) is 21.5. The summed E-state index contributed by atoms with van der Waals surface area (Å²) in [6, 6.07) is 19.0. The number of pyridine rings is 1. The molecule has 1 amide bonds. The third kappa shape index (κ3) is 4.77. The van der Waals surface area contributed by atoms with Gasteiger partial charge in [-0.15, -0.1) is 0 Å². The van der Waals surface area contributed by atoms with Crippen LogP contribution in [-0.4, -0.2) is 29.8 Å². The topological polar surface area (TPSA) is 71.1 Å². The summed E-state index contributed by atoms with van der Waals surface area (Å²) in [5.74, 6) is 6.76. The summed E-state index contributed by atoms with van der Waals surface area (Å²) in [7, 11) is 1.73. The number of Topliss-reactive ketones (excluding diaryl/α,β-unsaturated/α-hetero) is 1. The zero-order valence-corrected chi connectivity index (χ0v) is 18.2. The Labute approximate surface area is 188 Å². The van der Waals surface area contributed by atoms with Crippen LogP contribution in [-0.2, 0) is 11.2 Å². The van der Waals surface area contributed by atoms with Gasteiger partial charge < -0.3 is 10.6 Å². The van der Waals surface area contributed by atoms with Crippen LogP contribution in [0, 0.1) is 11.8 Å². The first-order chi connectivity index (χ1) is 15.5. The summed E-state index contributed by atoms with van der Waals surface area (Å²) in [6.07, 6.45) is 2.42. The van der Waals surface area contributed by atoms with Gasteiger partial charge in [-0.25, -0.2) is 4.98 Å². The van der Waals surface area contributed by atoms with Crippen molar-refractivity contribution in [1.29, 1.82) is 0 Å². The number of ketones is 1. The van der Waals surface area contributed by atoms with Crippen LogP contribution < -0.4 is 10.6 Å². The van der Waals surface area contributed by atoms with E-state index in [1.54, 1.807) is 20.0 Å². The highest BCUT2D eigenvalue weighted by atomic mass is 16.2. The molecule has 1 unspecified atom stereocenters. The van der Waals surface area contributed by atoms with E-state index in [1.807, 2.05) is 54.6 Å². The maximum Gasteiger partial charge on any atom is 0.242 e. The van der Waals surface area contributed by atoms with Crippen LogP contribution in [0.25, 0.3) is 11.1 Å². The Hall–Kier alpha value is -3.75. The van der Waals surface area contributed by atoms with Gasteiger partial charge in [0.2, 0.25) is 5.91 Å². The quantitative estimate of drug-likeness (QED) is 0.617. The Morgan fingerprint density at radius 1 is 1.00 bits per heavy atom. The maximum atomic E-state index is 12.4. The van der Waals surface area contributed by atoms with Gasteiger partial charge in [0.1, 0.15) is 11.5 Å². The Bertz CT molecular complexity index is 1220. The van der Waals surface area contributed by atoms with Crippen LogP contribution in [0.4, 0.5) is 5.82 Å². The first-order valence-corrected chi connectivity index (χ1v) is 10.8. The van der Waals surface area contributed by atoms with Crippen molar-refractivity contribution in [3.63, 3.8) is 0 Å². The molecule has 3 aromatic rings. The van der Waals surface area contributed by atoms with E-state index < -0.39 is 0 Å². The summed E-state index contributed by atoms with van der Waals surface area (Å²) in [5.41, 5.74) is 5.03. The van der Waals surface area contributed by atoms with E-state index in [4.69, 9.17) is 0 Å². The number of nitrogens with zero attached hydrogens (tertiary/aromatic N) is 1. The van der Waals surface area contributed by atoms with Crippen LogP contribution in [0.3, 0.4) is 0 Å². The molecule has 0 saturated heterocycles. The van der Waals surface area contributed by atoms with Crippen molar-refractivity contribution in [1.82, 2.24) is 10.3 Å². The molecule has 160 valence electrons. The maximum absolute atomic E-state index is 12.4. The molecular weight excluding hydrogens is 398 g/mol. The van der Waals surface area contributed by atoms with Crippen molar-refractivity contribution in [3.8, 4) is 23.0 Å². The van der Waals surface area contributed by atoms with Crippen LogP contribution in [0.2, 0.25) is 0 Å². The molecule has 0 saturated carbocycles. The number of aromatic nitrogens is 1. The molecule has 1 aliphatic carbocycles. The third-order valence-electron chi connectivity index (χ3n) is 5.64. The van der Waals surface area contributed by atoms with E-state index in [0.717, 1.165) is 40.7 Å². The second-order valence-corrected chi connectivity index (χ2v) is 7.86. The number of hydrogen-bond donors (Lipinski definition) is 2. The number of hydrogen-bond acceptors (Lipinski definition) is 4. The number of aryl methyl sites for hydroxylation is 1. The molecule has 0 fully saturated rings. The molecule has 0 aliphatic heterocycles. The molecule has 2 N–H and O–H groups in total. The van der Waals surface area contributed by atoms with Gasteiger partial charge in [0.25, 0.3) is 0 Å². The number of amides is 1. The first-order valence-electron chi connectivity index (χ1n) is 10.8. The minimum Gasteiger partial charge on any atom is -0.309 e. The summed E-state index contributed by atoms with van der Waals surface area (Å²) in [4.78, 5) is 29.4. The Balaban J connectivity index is 1.76. The minimum atomic E-state index is -0.345. The highest BCUT2D eigenvalue weighted by molar-refractivity contribution is 5.99. The predicted octanol–water partition coefficient (Wildman–Crippen LogP) is 4.21. The Morgan fingerprint density at radius 2 is 1.81 bits per heavy atom. The lowest BCUT2D eigenvalue weighted by atomic mass is 9.88. The number of carbonyl (C=O) groups excluding carboxylic acids is 2. The van der Waals surface area contributed by atoms with Crippen LogP contribution in [0.15, 0.2) is 60.7 Å². The number of likely N-dealkylation sites (N-methyl/N-ethyl adjacent to an activating group) is 1. The molecular formula is C27H25N3O2. The lowest BCUT2D eigenvalue weighted by molar-refractivity contribution is -0.117. The van der Waals surface area contributed by atoms with Gasteiger partial charge in [0.15, 0.2) is 5.78 Å². The second-order valence-electron chi connectivity index (χ2n) is 7.86. The zero-order chi connectivity index (χ0) is 22.5. The molecule has 0 bridgehead atoms. The fourth-order valence-electron chi connectivity index (χ4n) is 3.67. The average Bonchev–Trinajstić information content (AvgIpc) is 2.83. The molecule has 5 heteroatoms. The smallest absolute Gasteiger partial charge is 0.242 e. The molecule has 2 aromatic carbocycles. The van der Waals surface area contributed by atoms with Crippen molar-refractivity contribution in [2.45, 2.75) is 32.2 Å². The molecule has 32 heavy (non-hydrogen) atoms. The van der Waals surface area contributed by atoms with Crippen molar-refractivity contribution in [3.05, 3.63) is 83.0 Å². The molecule has 5 nitrogen and oxygen atoms in total. The fourth-order valence-corrected chi connectivity index (χ4v) is 3.67. The van der Waals surface area contributed by atoms with Gasteiger partial charge in [-0.1, -0.05) is 36.3 Å². The SMILES string of the molecule is CNC(C)C(=O)Nc1ccc(-c2ccc3c(c2)C(=O)CCC3)c(C#Cc2ccccc2)n1. The molecule has 1 aromatic heterocycles. The van der Waals surface area contributed by atoms with Crippen molar-refractivity contribution in [2.75, 3.05) is 12.4 Å². The highest BCUT2D eigenvalue weighted by Crippen LogP contribution is 2.29. The minimum absolute atomic E-state index is 0.172. The van der Waals surface area contributed by atoms with Crippen molar-refractivity contribution >= 4 is 17.5 Å². The molecule has 4 rings (SSSR count). The van der Waals surface area contributed by atoms with E-state index in [-0.39, 0.29) is 17.7 Å². The second kappa shape index (κ2) is 9.59. The van der Waals surface area contributed by atoms with Gasteiger partial charge in [-0.2, -0.15) is 0 Å². The van der Waals surface area contributed by atoms with Gasteiger partial charge in [0, 0.05) is 23.1 Å². The number of carbonyl (C=O) groups is 2. The normalized spacial score (nSPS) is 13.5. The number of rotatable bonds is 4. The number of benzene rings is 2. The summed E-state index contributed by atoms with van der Waals surface area (Å²) in [5, 5.41) is 5.75. The fraction of sp³-hybridized carbons (Fsp3) is 0.222. The molecule has 1 heterocycles. The summed E-state index contributed by atoms with van der Waals surface area (Å²) in [6.45, 7) is 1.78. The predicted molar refractivity (Wildman–Crippen MR) is 127 cm³/mol. The molecule has 1 aliphatic rings. The molecule has 0 radical (unpaired) electrons. The summed E-state index contributed by atoms with van der Waals surface area (Å²) < 4.78 is 0. The lowest BCUT2D eigenvalue weighted by Gasteiger charge is -2.16. The van der Waals surface area contributed by atoms with E-state index in [9.17, 15) is 9.59 Å². The van der Waals surface area contributed by atoms with Crippen molar-refractivity contribution < 1.29 is 9.59 Å². The van der Waals surface area contributed by atoms with Gasteiger partial charge in [0.05, 0.1) is 6.04 Å². The third-order valence-corrected chi connectivity index (χ3v) is 5.64. The lowest BCUT2D eigenvalue weighted by Crippen LogP contribution is -2.35. The Morgan fingerprint density at radius 3 is 2.59 bits per heavy atom. The van der Waals surface area contributed by atoms with Crippen molar-refractivity contribution in [2.24, 2.45) is 0 Å². The van der Waals surface area contributed by atoms with E-state index in [1.165, 1.54) is 0 Å². The van der Waals surface area contributed by atoms with Crippen LogP contribution in [0.5, 0.6) is 0 Å². The molecule has 0 spiro atoms. The van der Waals surface area contributed by atoms with E-state index in [0.29, 0.717) is 17.9 Å². The number of nitrogens with one attached hydrogen (secondary N) is 2. The number of fused-ring (bicyclic) bond motifs is 1. The van der Waals surface area contributed by atoms with Gasteiger partial charge in [-0.05, 0) is 74.2 Å². The largest absolute Gasteiger partial charge is 0.309 e. The van der Waals surface area contributed by atoms with Gasteiger partial charge in [-0.3, -0.25) is 9.59 Å². The van der Waals surface area contributed by atoms with Gasteiger partial charge >= 0.3 is 0 Å². The number of anilines is 1. The van der Waals surface area contributed by atoms with Crippen LogP contribution in [0.1, 0.15) is 46.9 Å². The van der Waals surface area contributed by atoms with E-state index in [2.05, 4.69) is 27.5 Å². The highest BCUT2D eigenvalue weighted by Gasteiger charge is 2.19. The zero-order valence-electron chi connectivity index (χ0n) is 18.2. The Kier molecular flexibility index (Phi) is 6.44. The summed E-state index contributed by atoms with van der Waals surface area (Å²) >= 11 is 0.